The lowest BCUT2D eigenvalue weighted by Gasteiger charge is -2.40. The maximum Gasteiger partial charge on any atom is 0.128 e. The number of piperazine rings is 1. The molecule has 1 saturated carbocycles. The molecule has 0 bridgehead atoms. The van der Waals surface area contributed by atoms with E-state index in [-0.39, 0.29) is 5.92 Å². The molecule has 0 spiro atoms. The van der Waals surface area contributed by atoms with Gasteiger partial charge in [-0.2, -0.15) is 5.26 Å². The first-order valence-electron chi connectivity index (χ1n) is 9.97. The van der Waals surface area contributed by atoms with Crippen LogP contribution < -0.4 is 10.2 Å². The zero-order valence-electron chi connectivity index (χ0n) is 16.1. The third-order valence-corrected chi connectivity index (χ3v) is 5.74. The number of rotatable bonds is 6. The molecule has 6 heteroatoms. The van der Waals surface area contributed by atoms with E-state index in [2.05, 4.69) is 50.4 Å². The van der Waals surface area contributed by atoms with Crippen LogP contribution >= 0.6 is 0 Å². The summed E-state index contributed by atoms with van der Waals surface area (Å²) in [4.78, 5) is 9.25. The van der Waals surface area contributed by atoms with Crippen molar-refractivity contribution in [3.63, 3.8) is 0 Å². The second kappa shape index (κ2) is 8.17. The van der Waals surface area contributed by atoms with E-state index in [4.69, 9.17) is 5.26 Å². The van der Waals surface area contributed by atoms with Gasteiger partial charge in [0.2, 0.25) is 0 Å². The topological polar surface area (TPSA) is 75.4 Å². The maximum atomic E-state index is 10.4. The van der Waals surface area contributed by atoms with E-state index in [9.17, 15) is 5.11 Å². The minimum atomic E-state index is -0.738. The number of hydrogen-bond acceptors (Lipinski definition) is 6. The molecule has 0 radical (unpaired) electrons. The van der Waals surface area contributed by atoms with Crippen LogP contribution in [0.1, 0.15) is 18.4 Å². The van der Waals surface area contributed by atoms with Crippen LogP contribution in [0.3, 0.4) is 0 Å². The van der Waals surface area contributed by atoms with Gasteiger partial charge in [0.15, 0.2) is 0 Å². The Hall–Kier alpha value is -2.62. The Kier molecular flexibility index (Phi) is 5.47. The largest absolute Gasteiger partial charge is 0.388 e. The second-order valence-electron chi connectivity index (χ2n) is 7.96. The first kappa shape index (κ1) is 18.7. The minimum absolute atomic E-state index is 0.00267. The zero-order chi connectivity index (χ0) is 19.4. The van der Waals surface area contributed by atoms with Gasteiger partial charge in [0.25, 0.3) is 0 Å². The molecule has 0 unspecified atom stereocenters. The number of aliphatic hydroxyl groups is 1. The SMILES string of the molecule is N#CC1CC(O)(CNc2cccc(CN3CCN(c4ccccn4)CC3)c2)C1. The van der Waals surface area contributed by atoms with Crippen LogP contribution in [0.4, 0.5) is 11.5 Å². The summed E-state index contributed by atoms with van der Waals surface area (Å²) in [6.07, 6.45) is 2.98. The number of aromatic nitrogens is 1. The molecule has 1 aromatic heterocycles. The van der Waals surface area contributed by atoms with Gasteiger partial charge in [-0.15, -0.1) is 0 Å². The summed E-state index contributed by atoms with van der Waals surface area (Å²) >= 11 is 0. The summed E-state index contributed by atoms with van der Waals surface area (Å²) in [6, 6.07) is 16.7. The molecule has 1 aliphatic heterocycles. The van der Waals surface area contributed by atoms with Crippen LogP contribution in [0.2, 0.25) is 0 Å². The lowest BCUT2D eigenvalue weighted by atomic mass is 9.71. The van der Waals surface area contributed by atoms with E-state index in [1.807, 2.05) is 24.4 Å². The van der Waals surface area contributed by atoms with Gasteiger partial charge in [-0.25, -0.2) is 4.98 Å². The normalized spacial score (nSPS) is 25.0. The highest BCUT2D eigenvalue weighted by atomic mass is 16.3. The van der Waals surface area contributed by atoms with E-state index in [0.717, 1.165) is 44.2 Å². The van der Waals surface area contributed by atoms with E-state index in [1.165, 1.54) is 5.56 Å². The average Bonchev–Trinajstić information content (AvgIpc) is 2.72. The van der Waals surface area contributed by atoms with Crippen molar-refractivity contribution in [1.29, 1.82) is 5.26 Å². The zero-order valence-corrected chi connectivity index (χ0v) is 16.1. The molecule has 2 aliphatic rings. The number of nitriles is 1. The van der Waals surface area contributed by atoms with Crippen molar-refractivity contribution in [1.82, 2.24) is 9.88 Å². The Morgan fingerprint density at radius 3 is 2.68 bits per heavy atom. The molecule has 0 amide bonds. The number of benzene rings is 1. The van der Waals surface area contributed by atoms with Gasteiger partial charge in [0.05, 0.1) is 17.6 Å². The highest BCUT2D eigenvalue weighted by Crippen LogP contribution is 2.37. The van der Waals surface area contributed by atoms with Gasteiger partial charge in [0.1, 0.15) is 5.82 Å². The fraction of sp³-hybridized carbons (Fsp3) is 0.455. The van der Waals surface area contributed by atoms with Crippen molar-refractivity contribution < 1.29 is 5.11 Å². The van der Waals surface area contributed by atoms with Crippen LogP contribution in [0, 0.1) is 17.2 Å². The fourth-order valence-electron chi connectivity index (χ4n) is 4.07. The number of hydrogen-bond donors (Lipinski definition) is 2. The lowest BCUT2D eigenvalue weighted by Crippen LogP contribution is -2.48. The Bertz CT molecular complexity index is 820. The van der Waals surface area contributed by atoms with Crippen molar-refractivity contribution in [3.05, 3.63) is 54.2 Å². The number of nitrogens with one attached hydrogen (secondary N) is 1. The quantitative estimate of drug-likeness (QED) is 0.806. The summed E-state index contributed by atoms with van der Waals surface area (Å²) in [5.74, 6) is 1.06. The Morgan fingerprint density at radius 1 is 1.14 bits per heavy atom. The molecule has 2 heterocycles. The summed E-state index contributed by atoms with van der Waals surface area (Å²) in [5, 5.41) is 22.6. The van der Waals surface area contributed by atoms with E-state index in [0.29, 0.717) is 19.4 Å². The molecule has 1 aromatic carbocycles. The minimum Gasteiger partial charge on any atom is -0.388 e. The van der Waals surface area contributed by atoms with Gasteiger partial charge in [-0.1, -0.05) is 18.2 Å². The fourth-order valence-corrected chi connectivity index (χ4v) is 4.07. The molecule has 2 N–H and O–H groups in total. The Morgan fingerprint density at radius 2 is 1.96 bits per heavy atom. The van der Waals surface area contributed by atoms with E-state index < -0.39 is 5.60 Å². The van der Waals surface area contributed by atoms with Crippen molar-refractivity contribution in [2.24, 2.45) is 5.92 Å². The third kappa shape index (κ3) is 4.44. The van der Waals surface area contributed by atoms with Crippen LogP contribution in [0.25, 0.3) is 0 Å². The average molecular weight is 377 g/mol. The smallest absolute Gasteiger partial charge is 0.128 e. The van der Waals surface area contributed by atoms with Crippen molar-refractivity contribution in [2.45, 2.75) is 25.0 Å². The van der Waals surface area contributed by atoms with E-state index >= 15 is 0 Å². The van der Waals surface area contributed by atoms with Crippen molar-refractivity contribution >= 4 is 11.5 Å². The molecule has 2 aromatic rings. The first-order valence-corrected chi connectivity index (χ1v) is 9.97. The lowest BCUT2D eigenvalue weighted by molar-refractivity contribution is -0.0442. The van der Waals surface area contributed by atoms with Crippen LogP contribution in [0.5, 0.6) is 0 Å². The van der Waals surface area contributed by atoms with Crippen molar-refractivity contribution in [2.75, 3.05) is 42.9 Å². The van der Waals surface area contributed by atoms with Gasteiger partial charge in [-0.3, -0.25) is 4.90 Å². The number of pyridine rings is 1. The monoisotopic (exact) mass is 377 g/mol. The van der Waals surface area contributed by atoms with Crippen molar-refractivity contribution in [3.8, 4) is 6.07 Å². The predicted molar refractivity (Wildman–Crippen MR) is 110 cm³/mol. The van der Waals surface area contributed by atoms with Gasteiger partial charge in [0, 0.05) is 51.2 Å². The van der Waals surface area contributed by atoms with Gasteiger partial charge in [-0.05, 0) is 42.7 Å². The second-order valence-corrected chi connectivity index (χ2v) is 7.96. The third-order valence-electron chi connectivity index (χ3n) is 5.74. The van der Waals surface area contributed by atoms with Crippen LogP contribution in [0.15, 0.2) is 48.7 Å². The summed E-state index contributed by atoms with van der Waals surface area (Å²) < 4.78 is 0. The number of nitrogens with zero attached hydrogens (tertiary/aromatic N) is 4. The number of anilines is 2. The molecular weight excluding hydrogens is 350 g/mol. The summed E-state index contributed by atoms with van der Waals surface area (Å²) in [6.45, 7) is 5.43. The van der Waals surface area contributed by atoms with E-state index in [1.54, 1.807) is 0 Å². The summed E-state index contributed by atoms with van der Waals surface area (Å²) in [7, 11) is 0. The van der Waals surface area contributed by atoms with Crippen LogP contribution in [-0.2, 0) is 6.54 Å². The highest BCUT2D eigenvalue weighted by Gasteiger charge is 2.42. The predicted octanol–water partition coefficient (Wildman–Crippen LogP) is 2.48. The Labute approximate surface area is 166 Å². The van der Waals surface area contributed by atoms with Gasteiger partial charge < -0.3 is 15.3 Å². The molecule has 6 nitrogen and oxygen atoms in total. The first-order chi connectivity index (χ1) is 13.6. The standard InChI is InChI=1S/C22H27N5O/c23-15-19-13-22(28,14-19)17-25-20-5-3-4-18(12-20)16-26-8-10-27(11-9-26)21-6-1-2-7-24-21/h1-7,12,19,25,28H,8-11,13-14,16-17H2. The molecule has 4 rings (SSSR count). The molecule has 1 saturated heterocycles. The summed E-state index contributed by atoms with van der Waals surface area (Å²) in [5.41, 5.74) is 1.56. The molecule has 2 fully saturated rings. The molecule has 28 heavy (non-hydrogen) atoms. The molecule has 0 atom stereocenters. The Balaban J connectivity index is 1.27. The maximum absolute atomic E-state index is 10.4. The van der Waals surface area contributed by atoms with Gasteiger partial charge >= 0.3 is 0 Å². The van der Waals surface area contributed by atoms with Crippen LogP contribution in [-0.4, -0.2) is 53.3 Å². The highest BCUT2D eigenvalue weighted by molar-refractivity contribution is 5.46. The molecule has 146 valence electrons. The molecule has 1 aliphatic carbocycles. The molecular formula is C22H27N5O.